The maximum Gasteiger partial charge on any atom is 0.307 e. The molecule has 6 heteroatoms. The summed E-state index contributed by atoms with van der Waals surface area (Å²) in [6, 6.07) is 20.7. The Morgan fingerprint density at radius 1 is 0.727 bits per heavy atom. The number of rotatable bonds is 11. The second-order valence-corrected chi connectivity index (χ2v) is 9.21. The minimum absolute atomic E-state index is 0.117. The van der Waals surface area contributed by atoms with E-state index < -0.39 is 0 Å². The lowest BCUT2D eigenvalue weighted by atomic mass is 9.77. The van der Waals surface area contributed by atoms with Crippen LogP contribution in [0.25, 0.3) is 10.0 Å². The number of benzene rings is 2. The number of hydrogen-bond donors (Lipinski definition) is 0. The van der Waals surface area contributed by atoms with Gasteiger partial charge in [-0.05, 0) is 73.4 Å². The molecular weight excluding hydrogens is 416 g/mol. The normalized spacial score (nSPS) is 12.5. The highest BCUT2D eigenvalue weighted by Crippen LogP contribution is 2.35. The first-order chi connectivity index (χ1) is 15.8. The summed E-state index contributed by atoms with van der Waals surface area (Å²) >= 11 is 0. The number of ether oxygens (including phenoxy) is 2. The summed E-state index contributed by atoms with van der Waals surface area (Å²) in [5, 5.41) is 26.5. The minimum atomic E-state index is -0.149. The Morgan fingerprint density at radius 3 is 1.61 bits per heavy atom. The van der Waals surface area contributed by atoms with Crippen LogP contribution in [-0.4, -0.2) is 13.2 Å². The first kappa shape index (κ1) is 25.9. The molecule has 2 unspecified atom stereocenters. The molecule has 0 bridgehead atoms. The summed E-state index contributed by atoms with van der Waals surface area (Å²) < 4.78 is 11.6. The summed E-state index contributed by atoms with van der Waals surface area (Å²) in [4.78, 5) is 0. The average molecular weight is 451 g/mol. The number of nitrogens with zero attached hydrogens (tertiary/aromatic N) is 2. The van der Waals surface area contributed by atoms with Gasteiger partial charge < -0.3 is 19.9 Å². The van der Waals surface area contributed by atoms with E-state index in [4.69, 9.17) is 9.47 Å². The van der Waals surface area contributed by atoms with Crippen LogP contribution in [0.1, 0.15) is 76.3 Å². The van der Waals surface area contributed by atoms with Crippen molar-refractivity contribution in [3.05, 3.63) is 80.1 Å². The Kier molecular flexibility index (Phi) is 10.4. The third-order valence-electron chi connectivity index (χ3n) is 5.46. The van der Waals surface area contributed by atoms with Gasteiger partial charge in [0.25, 0.3) is 0 Å². The zero-order valence-corrected chi connectivity index (χ0v) is 20.0. The van der Waals surface area contributed by atoms with Gasteiger partial charge in [-0.25, -0.2) is 0 Å². The molecule has 2 atom stereocenters. The van der Waals surface area contributed by atoms with Gasteiger partial charge in [0.15, 0.2) is 0 Å². The second kappa shape index (κ2) is 13.2. The quantitative estimate of drug-likeness (QED) is 0.261. The molecule has 2 aromatic carbocycles. The van der Waals surface area contributed by atoms with Crippen molar-refractivity contribution in [2.75, 3.05) is 13.2 Å². The molecule has 0 aromatic heterocycles. The molecule has 33 heavy (non-hydrogen) atoms. The lowest BCUT2D eigenvalue weighted by Gasteiger charge is -2.23. The van der Waals surface area contributed by atoms with Crippen LogP contribution in [0.15, 0.2) is 48.5 Å². The van der Waals surface area contributed by atoms with Crippen LogP contribution in [0, 0.1) is 28.0 Å². The van der Waals surface area contributed by atoms with Crippen molar-refractivity contribution >= 4 is 0 Å². The lowest BCUT2D eigenvalue weighted by Crippen LogP contribution is -2.16. The van der Waals surface area contributed by atoms with Crippen LogP contribution in [0.4, 0.5) is 0 Å². The lowest BCUT2D eigenvalue weighted by molar-refractivity contribution is 0.287. The molecule has 0 N–H and O–H groups in total. The van der Waals surface area contributed by atoms with Gasteiger partial charge in [-0.15, -0.1) is 0 Å². The molecular formula is C27H34N2O4. The Hall–Kier alpha value is -3.38. The van der Waals surface area contributed by atoms with Gasteiger partial charge in [0.1, 0.15) is 23.3 Å². The molecule has 0 spiro atoms. The fourth-order valence-corrected chi connectivity index (χ4v) is 3.52. The Labute approximate surface area is 197 Å². The minimum Gasteiger partial charge on any atom is -0.498 e. The van der Waals surface area contributed by atoms with Crippen LogP contribution in [-0.2, 0) is 0 Å². The molecule has 0 aliphatic heterocycles. The van der Waals surface area contributed by atoms with E-state index >= 15 is 0 Å². The standard InChI is InChI=1S/C27H34N2O4/c1-21(19-28-30)22-9-13-24(14-10-22)32-17-7-5-6-8-18-33-25-15-11-23(12-16-25)26(20-29-31)27(2,3)4/h9-16,21,26H,5-8,17-18H2,1-4H3. The van der Waals surface area contributed by atoms with E-state index in [2.05, 4.69) is 42.9 Å². The SMILES string of the molecule is CC(C#[N+][O-])c1ccc(OCCCCCCOc2ccc(C(C#[N+][O-])C(C)(C)C)cc2)cc1. The first-order valence-electron chi connectivity index (χ1n) is 11.5. The maximum absolute atomic E-state index is 10.7. The molecule has 2 aromatic rings. The third-order valence-corrected chi connectivity index (χ3v) is 5.46. The van der Waals surface area contributed by atoms with Crippen molar-refractivity contribution in [1.29, 1.82) is 0 Å². The molecule has 2 rings (SSSR count). The topological polar surface area (TPSA) is 73.3 Å². The molecule has 6 nitrogen and oxygen atoms in total. The summed E-state index contributed by atoms with van der Waals surface area (Å²) in [6.45, 7) is 9.41. The molecule has 0 fully saturated rings. The molecule has 0 aliphatic carbocycles. The van der Waals surface area contributed by atoms with Gasteiger partial charge in [0.05, 0.1) is 13.2 Å². The largest absolute Gasteiger partial charge is 0.498 e. The highest BCUT2D eigenvalue weighted by Gasteiger charge is 2.29. The fraction of sp³-hybridized carbons (Fsp3) is 0.481. The van der Waals surface area contributed by atoms with Crippen molar-refractivity contribution in [3.8, 4) is 23.6 Å². The van der Waals surface area contributed by atoms with E-state index in [1.807, 2.05) is 55.5 Å². The summed E-state index contributed by atoms with van der Waals surface area (Å²) in [5.74, 6) is 1.38. The molecule has 0 saturated carbocycles. The van der Waals surface area contributed by atoms with E-state index in [0.29, 0.717) is 13.2 Å². The van der Waals surface area contributed by atoms with Gasteiger partial charge in [-0.1, -0.05) is 45.0 Å². The molecule has 0 radical (unpaired) electrons. The summed E-state index contributed by atoms with van der Waals surface area (Å²) in [7, 11) is 0. The highest BCUT2D eigenvalue weighted by atomic mass is 16.5. The zero-order chi connectivity index (χ0) is 24.1. The highest BCUT2D eigenvalue weighted by molar-refractivity contribution is 5.34. The first-order valence-corrected chi connectivity index (χ1v) is 11.5. The summed E-state index contributed by atoms with van der Waals surface area (Å²) in [5.41, 5.74) is 1.86. The maximum atomic E-state index is 10.7. The van der Waals surface area contributed by atoms with Crippen LogP contribution in [0.2, 0.25) is 0 Å². The van der Waals surface area contributed by atoms with Crippen LogP contribution >= 0.6 is 0 Å². The van der Waals surface area contributed by atoms with Crippen LogP contribution in [0.3, 0.4) is 0 Å². The van der Waals surface area contributed by atoms with Crippen molar-refractivity contribution < 1.29 is 9.47 Å². The fourth-order valence-electron chi connectivity index (χ4n) is 3.52. The molecule has 0 heterocycles. The smallest absolute Gasteiger partial charge is 0.307 e. The number of hydrogen-bond acceptors (Lipinski definition) is 4. The monoisotopic (exact) mass is 450 g/mol. The Balaban J connectivity index is 1.62. The van der Waals surface area contributed by atoms with E-state index in [1.165, 1.54) is 0 Å². The Morgan fingerprint density at radius 2 is 1.18 bits per heavy atom. The van der Waals surface area contributed by atoms with E-state index in [0.717, 1.165) is 48.3 Å². The van der Waals surface area contributed by atoms with Gasteiger partial charge in [0, 0.05) is 10.0 Å². The van der Waals surface area contributed by atoms with E-state index in [9.17, 15) is 10.4 Å². The molecule has 0 amide bonds. The zero-order valence-electron chi connectivity index (χ0n) is 20.0. The van der Waals surface area contributed by atoms with Gasteiger partial charge in [-0.2, -0.15) is 0 Å². The molecule has 0 saturated heterocycles. The van der Waals surface area contributed by atoms with Crippen LogP contribution < -0.4 is 9.47 Å². The van der Waals surface area contributed by atoms with Crippen molar-refractivity contribution in [1.82, 2.24) is 0 Å². The van der Waals surface area contributed by atoms with Gasteiger partial charge in [-0.3, -0.25) is 0 Å². The van der Waals surface area contributed by atoms with E-state index in [-0.39, 0.29) is 17.3 Å². The van der Waals surface area contributed by atoms with Crippen LogP contribution in [0.5, 0.6) is 11.5 Å². The van der Waals surface area contributed by atoms with E-state index in [1.54, 1.807) is 0 Å². The predicted octanol–water partition coefficient (Wildman–Crippen LogP) is 7.60. The van der Waals surface area contributed by atoms with Crippen molar-refractivity contribution in [2.45, 2.75) is 65.2 Å². The Bertz CT molecular complexity index is 958. The average Bonchev–Trinajstić information content (AvgIpc) is 2.79. The van der Waals surface area contributed by atoms with Crippen molar-refractivity contribution in [3.63, 3.8) is 0 Å². The van der Waals surface area contributed by atoms with Crippen molar-refractivity contribution in [2.24, 2.45) is 5.41 Å². The second-order valence-electron chi connectivity index (χ2n) is 9.21. The van der Waals surface area contributed by atoms with Gasteiger partial charge in [0.2, 0.25) is 0 Å². The summed E-state index contributed by atoms with van der Waals surface area (Å²) in [6.07, 6.45) is 4.11. The predicted molar refractivity (Wildman–Crippen MR) is 134 cm³/mol. The molecule has 176 valence electrons. The third kappa shape index (κ3) is 8.94. The van der Waals surface area contributed by atoms with Gasteiger partial charge >= 0.3 is 12.1 Å². The molecule has 0 aliphatic rings. The number of unbranched alkanes of at least 4 members (excludes halogenated alkanes) is 3.